The van der Waals surface area contributed by atoms with Crippen LogP contribution >= 0.6 is 22.6 Å². The van der Waals surface area contributed by atoms with Gasteiger partial charge in [0.1, 0.15) is 6.10 Å². The van der Waals surface area contributed by atoms with Crippen LogP contribution in [0.1, 0.15) is 18.6 Å². The minimum Gasteiger partial charge on any atom is -0.438 e. The summed E-state index contributed by atoms with van der Waals surface area (Å²) in [4.78, 5) is 10.8. The summed E-state index contributed by atoms with van der Waals surface area (Å²) in [7, 11) is 1.29. The van der Waals surface area contributed by atoms with Crippen molar-refractivity contribution < 1.29 is 14.3 Å². The normalized spacial score (nSPS) is 11.9. The van der Waals surface area contributed by atoms with E-state index in [2.05, 4.69) is 27.3 Å². The molecule has 0 N–H and O–H groups in total. The van der Waals surface area contributed by atoms with E-state index >= 15 is 0 Å². The van der Waals surface area contributed by atoms with Crippen LogP contribution in [0.5, 0.6) is 0 Å². The molecule has 0 spiro atoms. The topological polar surface area (TPSA) is 35.5 Å². The fraction of sp³-hybridized carbons (Fsp3) is 0.300. The van der Waals surface area contributed by atoms with Gasteiger partial charge in [-0.15, -0.1) is 0 Å². The highest BCUT2D eigenvalue weighted by molar-refractivity contribution is 14.1. The molecule has 1 aromatic rings. The van der Waals surface area contributed by atoms with Gasteiger partial charge in [-0.3, -0.25) is 0 Å². The van der Waals surface area contributed by atoms with Gasteiger partial charge in [0.2, 0.25) is 0 Å². The van der Waals surface area contributed by atoms with Gasteiger partial charge < -0.3 is 9.47 Å². The predicted octanol–water partition coefficient (Wildman–Crippen LogP) is 3.14. The maximum absolute atomic E-state index is 10.8. The summed E-state index contributed by atoms with van der Waals surface area (Å²) in [6.07, 6.45) is -0.935. The molecule has 0 aromatic heterocycles. The molecule has 1 rings (SSSR count). The molecule has 76 valence electrons. The summed E-state index contributed by atoms with van der Waals surface area (Å²) < 4.78 is 10.5. The Kier molecular flexibility index (Phi) is 4.19. The molecule has 4 heteroatoms. The van der Waals surface area contributed by atoms with E-state index in [0.29, 0.717) is 0 Å². The fourth-order valence-corrected chi connectivity index (χ4v) is 1.35. The van der Waals surface area contributed by atoms with Crippen LogP contribution in [0.15, 0.2) is 24.3 Å². The van der Waals surface area contributed by atoms with Gasteiger partial charge >= 0.3 is 6.16 Å². The third-order valence-corrected chi connectivity index (χ3v) is 2.50. The van der Waals surface area contributed by atoms with Crippen LogP contribution in [-0.2, 0) is 9.47 Å². The van der Waals surface area contributed by atoms with Gasteiger partial charge in [-0.05, 0) is 47.2 Å². The smallest absolute Gasteiger partial charge is 0.438 e. The fourth-order valence-electron chi connectivity index (χ4n) is 0.994. The molecule has 3 nitrogen and oxygen atoms in total. The van der Waals surface area contributed by atoms with Gasteiger partial charge in [0.05, 0.1) is 7.11 Å². The van der Waals surface area contributed by atoms with Crippen molar-refractivity contribution in [2.24, 2.45) is 0 Å². The van der Waals surface area contributed by atoms with E-state index in [1.165, 1.54) is 7.11 Å². The summed E-state index contributed by atoms with van der Waals surface area (Å²) in [6, 6.07) is 7.78. The van der Waals surface area contributed by atoms with Crippen LogP contribution in [0.3, 0.4) is 0 Å². The Morgan fingerprint density at radius 2 is 1.93 bits per heavy atom. The molecule has 1 unspecified atom stereocenters. The molecule has 0 aliphatic heterocycles. The molecule has 1 aromatic carbocycles. The van der Waals surface area contributed by atoms with E-state index in [0.717, 1.165) is 9.13 Å². The molecule has 0 fully saturated rings. The summed E-state index contributed by atoms with van der Waals surface area (Å²) in [5.74, 6) is 0. The van der Waals surface area contributed by atoms with Gasteiger partial charge in [0, 0.05) is 3.57 Å². The van der Waals surface area contributed by atoms with Crippen LogP contribution in [-0.4, -0.2) is 13.3 Å². The molecule has 0 saturated heterocycles. The lowest BCUT2D eigenvalue weighted by Gasteiger charge is -2.11. The lowest BCUT2D eigenvalue weighted by molar-refractivity contribution is 0.0430. The standard InChI is InChI=1S/C10H11IO3/c1-7(14-10(12)13-2)8-3-5-9(11)6-4-8/h3-7H,1-2H3. The number of rotatable bonds is 2. The second kappa shape index (κ2) is 5.19. The van der Waals surface area contributed by atoms with Gasteiger partial charge in [0.25, 0.3) is 0 Å². The molecule has 0 aliphatic rings. The minimum atomic E-state index is -0.656. The molecule has 1 atom stereocenters. The van der Waals surface area contributed by atoms with E-state index in [9.17, 15) is 4.79 Å². The number of halogens is 1. The van der Waals surface area contributed by atoms with E-state index in [1.807, 2.05) is 24.3 Å². The van der Waals surface area contributed by atoms with Gasteiger partial charge in [-0.25, -0.2) is 4.79 Å². The van der Waals surface area contributed by atoms with Crippen LogP contribution in [0.25, 0.3) is 0 Å². The molecule has 14 heavy (non-hydrogen) atoms. The van der Waals surface area contributed by atoms with Crippen molar-refractivity contribution in [2.45, 2.75) is 13.0 Å². The zero-order valence-corrected chi connectivity index (χ0v) is 10.1. The van der Waals surface area contributed by atoms with Crippen molar-refractivity contribution in [3.05, 3.63) is 33.4 Å². The molecule has 0 saturated carbocycles. The SMILES string of the molecule is COC(=O)OC(C)c1ccc(I)cc1. The number of methoxy groups -OCH3 is 1. The highest BCUT2D eigenvalue weighted by Gasteiger charge is 2.10. The first-order valence-electron chi connectivity index (χ1n) is 4.13. The second-order valence-electron chi connectivity index (χ2n) is 2.77. The van der Waals surface area contributed by atoms with Gasteiger partial charge in [-0.1, -0.05) is 12.1 Å². The summed E-state index contributed by atoms with van der Waals surface area (Å²) in [5.41, 5.74) is 0.954. The average molecular weight is 306 g/mol. The molecule has 0 aliphatic carbocycles. The van der Waals surface area contributed by atoms with Crippen molar-refractivity contribution in [1.29, 1.82) is 0 Å². The number of ether oxygens (including phenoxy) is 2. The molecular formula is C10H11IO3. The highest BCUT2D eigenvalue weighted by Crippen LogP contribution is 2.18. The number of hydrogen-bond donors (Lipinski definition) is 0. The van der Waals surface area contributed by atoms with Crippen molar-refractivity contribution in [2.75, 3.05) is 7.11 Å². The minimum absolute atomic E-state index is 0.278. The van der Waals surface area contributed by atoms with E-state index < -0.39 is 6.16 Å². The van der Waals surface area contributed by atoms with Crippen molar-refractivity contribution >= 4 is 28.7 Å². The largest absolute Gasteiger partial charge is 0.508 e. The summed E-state index contributed by atoms with van der Waals surface area (Å²) in [5, 5.41) is 0. The second-order valence-corrected chi connectivity index (χ2v) is 4.01. The first-order chi connectivity index (χ1) is 6.63. The predicted molar refractivity (Wildman–Crippen MR) is 61.1 cm³/mol. The van der Waals surface area contributed by atoms with Crippen molar-refractivity contribution in [1.82, 2.24) is 0 Å². The quantitative estimate of drug-likeness (QED) is 0.622. The van der Waals surface area contributed by atoms with Crippen molar-refractivity contribution in [3.63, 3.8) is 0 Å². The molecule has 0 heterocycles. The molecule has 0 amide bonds. The monoisotopic (exact) mass is 306 g/mol. The Bertz CT molecular complexity index is 308. The zero-order valence-electron chi connectivity index (χ0n) is 7.99. The molecular weight excluding hydrogens is 295 g/mol. The van der Waals surface area contributed by atoms with E-state index in [-0.39, 0.29) is 6.10 Å². The Morgan fingerprint density at radius 1 is 1.36 bits per heavy atom. The number of carbonyl (C=O) groups excluding carboxylic acids is 1. The maximum Gasteiger partial charge on any atom is 0.508 e. The Labute approximate surface area is 96.5 Å². The highest BCUT2D eigenvalue weighted by atomic mass is 127. The Morgan fingerprint density at radius 3 is 2.43 bits per heavy atom. The van der Waals surface area contributed by atoms with Crippen LogP contribution in [0, 0.1) is 3.57 Å². The lowest BCUT2D eigenvalue weighted by Crippen LogP contribution is -2.08. The number of carbonyl (C=O) groups is 1. The first kappa shape index (κ1) is 11.3. The maximum atomic E-state index is 10.8. The lowest BCUT2D eigenvalue weighted by atomic mass is 10.1. The molecule has 0 bridgehead atoms. The number of benzene rings is 1. The molecule has 0 radical (unpaired) electrons. The third-order valence-electron chi connectivity index (χ3n) is 1.78. The van der Waals surface area contributed by atoms with Gasteiger partial charge in [-0.2, -0.15) is 0 Å². The zero-order chi connectivity index (χ0) is 10.6. The Balaban J connectivity index is 2.65. The first-order valence-corrected chi connectivity index (χ1v) is 5.21. The van der Waals surface area contributed by atoms with Crippen LogP contribution in [0.2, 0.25) is 0 Å². The Hall–Kier alpha value is -0.780. The van der Waals surface area contributed by atoms with Crippen LogP contribution < -0.4 is 0 Å². The summed E-state index contributed by atoms with van der Waals surface area (Å²) in [6.45, 7) is 1.80. The third kappa shape index (κ3) is 3.17. The summed E-state index contributed by atoms with van der Waals surface area (Å²) >= 11 is 2.22. The van der Waals surface area contributed by atoms with Crippen LogP contribution in [0.4, 0.5) is 4.79 Å². The van der Waals surface area contributed by atoms with Gasteiger partial charge in [0.15, 0.2) is 0 Å². The van der Waals surface area contributed by atoms with E-state index in [4.69, 9.17) is 4.74 Å². The average Bonchev–Trinajstić information content (AvgIpc) is 2.18. The van der Waals surface area contributed by atoms with E-state index in [1.54, 1.807) is 6.92 Å². The number of hydrogen-bond acceptors (Lipinski definition) is 3. The van der Waals surface area contributed by atoms with Crippen molar-refractivity contribution in [3.8, 4) is 0 Å².